The number of ether oxygens (including phenoxy) is 2. The van der Waals surface area contributed by atoms with Gasteiger partial charge in [-0.25, -0.2) is 4.79 Å². The Labute approximate surface area is 137 Å². The number of rotatable bonds is 3. The Morgan fingerprint density at radius 3 is 2.35 bits per heavy atom. The molecule has 5 heteroatoms. The van der Waals surface area contributed by atoms with Crippen LogP contribution in [0, 0.1) is 6.92 Å². The van der Waals surface area contributed by atoms with Gasteiger partial charge in [0.05, 0.1) is 0 Å². The highest BCUT2D eigenvalue weighted by atomic mass is 16.6. The predicted molar refractivity (Wildman–Crippen MR) is 87.0 cm³/mol. The largest absolute Gasteiger partial charge is 0.456 e. The van der Waals surface area contributed by atoms with Crippen LogP contribution < -0.4 is 0 Å². The minimum Gasteiger partial charge on any atom is -0.456 e. The molecule has 0 radical (unpaired) electrons. The van der Waals surface area contributed by atoms with Crippen LogP contribution in [0.3, 0.4) is 0 Å². The van der Waals surface area contributed by atoms with E-state index in [-0.39, 0.29) is 6.09 Å². The minimum absolute atomic E-state index is 0.318. The summed E-state index contributed by atoms with van der Waals surface area (Å²) in [7, 11) is 0. The maximum atomic E-state index is 12.2. The van der Waals surface area contributed by atoms with Crippen LogP contribution in [0.25, 0.3) is 0 Å². The summed E-state index contributed by atoms with van der Waals surface area (Å²) >= 11 is 0. The zero-order valence-electron chi connectivity index (χ0n) is 14.3. The van der Waals surface area contributed by atoms with Crippen LogP contribution in [0.2, 0.25) is 0 Å². The van der Waals surface area contributed by atoms with Gasteiger partial charge in [-0.1, -0.05) is 24.3 Å². The standard InChI is InChI=1S/C18H25NO4/c1-14-7-5-6-8-15(14)18(22-13-20)9-11-19(12-10-18)16(21)23-17(2,3)4/h5-8,13H,9-12H2,1-4H3. The molecule has 126 valence electrons. The first-order valence-electron chi connectivity index (χ1n) is 7.93. The molecule has 0 N–H and O–H groups in total. The third-order valence-corrected chi connectivity index (χ3v) is 4.13. The number of benzene rings is 1. The first kappa shape index (κ1) is 17.3. The summed E-state index contributed by atoms with van der Waals surface area (Å²) in [5, 5.41) is 0. The number of nitrogens with zero attached hydrogens (tertiary/aromatic N) is 1. The average Bonchev–Trinajstić information content (AvgIpc) is 2.47. The maximum Gasteiger partial charge on any atom is 0.410 e. The number of hydrogen-bond acceptors (Lipinski definition) is 4. The molecule has 2 rings (SSSR count). The van der Waals surface area contributed by atoms with Gasteiger partial charge in [-0.15, -0.1) is 0 Å². The van der Waals surface area contributed by atoms with Gasteiger partial charge in [-0.2, -0.15) is 0 Å². The van der Waals surface area contributed by atoms with Crippen molar-refractivity contribution in [2.45, 2.75) is 51.7 Å². The number of aryl methyl sites for hydroxylation is 1. The van der Waals surface area contributed by atoms with Crippen LogP contribution in [-0.2, 0) is 19.9 Å². The van der Waals surface area contributed by atoms with Crippen LogP contribution in [0.15, 0.2) is 24.3 Å². The molecule has 23 heavy (non-hydrogen) atoms. The molecule has 5 nitrogen and oxygen atoms in total. The van der Waals surface area contributed by atoms with E-state index in [9.17, 15) is 9.59 Å². The quantitative estimate of drug-likeness (QED) is 0.801. The van der Waals surface area contributed by atoms with Crippen LogP contribution in [-0.4, -0.2) is 36.2 Å². The minimum atomic E-state index is -0.661. The highest BCUT2D eigenvalue weighted by molar-refractivity contribution is 5.68. The summed E-state index contributed by atoms with van der Waals surface area (Å²) < 4.78 is 10.9. The van der Waals surface area contributed by atoms with Gasteiger partial charge in [0.2, 0.25) is 0 Å². The Balaban J connectivity index is 2.14. The Morgan fingerprint density at radius 2 is 1.83 bits per heavy atom. The molecule has 0 bridgehead atoms. The summed E-state index contributed by atoms with van der Waals surface area (Å²) in [6.07, 6.45) is 0.813. The lowest BCUT2D eigenvalue weighted by molar-refractivity contribution is -0.150. The van der Waals surface area contributed by atoms with Gasteiger partial charge in [0.25, 0.3) is 6.47 Å². The number of likely N-dealkylation sites (tertiary alicyclic amines) is 1. The highest BCUT2D eigenvalue weighted by Gasteiger charge is 2.41. The smallest absolute Gasteiger partial charge is 0.410 e. The van der Waals surface area contributed by atoms with Crippen molar-refractivity contribution in [3.8, 4) is 0 Å². The fraction of sp³-hybridized carbons (Fsp3) is 0.556. The summed E-state index contributed by atoms with van der Waals surface area (Å²) in [6.45, 7) is 9.06. The topological polar surface area (TPSA) is 55.8 Å². The SMILES string of the molecule is Cc1ccccc1C1(OC=O)CCN(C(=O)OC(C)(C)C)CC1. The molecule has 0 unspecified atom stereocenters. The number of carbonyl (C=O) groups is 2. The van der Waals surface area contributed by atoms with Gasteiger partial charge in [0, 0.05) is 25.9 Å². The predicted octanol–water partition coefficient (Wildman–Crippen LogP) is 3.39. The van der Waals surface area contributed by atoms with E-state index >= 15 is 0 Å². The van der Waals surface area contributed by atoms with Crippen LogP contribution in [0.1, 0.15) is 44.7 Å². The summed E-state index contributed by atoms with van der Waals surface area (Å²) in [5.74, 6) is 0. The Bertz CT molecular complexity index is 569. The van der Waals surface area contributed by atoms with Gasteiger partial charge in [-0.3, -0.25) is 4.79 Å². The van der Waals surface area contributed by atoms with Crippen molar-refractivity contribution in [3.05, 3.63) is 35.4 Å². The Morgan fingerprint density at radius 1 is 1.22 bits per heavy atom. The van der Waals surface area contributed by atoms with Crippen molar-refractivity contribution < 1.29 is 19.1 Å². The maximum absolute atomic E-state index is 12.2. The van der Waals surface area contributed by atoms with Gasteiger partial charge in [0.15, 0.2) is 0 Å². The second-order valence-corrected chi connectivity index (χ2v) is 6.99. The first-order valence-corrected chi connectivity index (χ1v) is 7.93. The number of piperidine rings is 1. The molecule has 0 aliphatic carbocycles. The van der Waals surface area contributed by atoms with Gasteiger partial charge < -0.3 is 14.4 Å². The van der Waals surface area contributed by atoms with Crippen LogP contribution in [0.4, 0.5) is 4.79 Å². The van der Waals surface area contributed by atoms with Crippen molar-refractivity contribution in [1.82, 2.24) is 4.90 Å². The Hall–Kier alpha value is -2.04. The van der Waals surface area contributed by atoms with Crippen molar-refractivity contribution in [1.29, 1.82) is 0 Å². The van der Waals surface area contributed by atoms with E-state index < -0.39 is 11.2 Å². The van der Waals surface area contributed by atoms with E-state index in [1.165, 1.54) is 0 Å². The average molecular weight is 319 g/mol. The molecular weight excluding hydrogens is 294 g/mol. The summed E-state index contributed by atoms with van der Waals surface area (Å²) in [5.41, 5.74) is 0.919. The second-order valence-electron chi connectivity index (χ2n) is 6.99. The third kappa shape index (κ3) is 4.03. The van der Waals surface area contributed by atoms with E-state index in [2.05, 4.69) is 0 Å². The molecule has 1 aromatic rings. The molecule has 1 aliphatic rings. The van der Waals surface area contributed by atoms with E-state index in [4.69, 9.17) is 9.47 Å². The fourth-order valence-corrected chi connectivity index (χ4v) is 3.00. The molecule has 1 aliphatic heterocycles. The van der Waals surface area contributed by atoms with Gasteiger partial charge >= 0.3 is 6.09 Å². The summed E-state index contributed by atoms with van der Waals surface area (Å²) in [6, 6.07) is 7.90. The molecule has 1 aromatic carbocycles. The van der Waals surface area contributed by atoms with E-state index in [0.717, 1.165) is 11.1 Å². The molecule has 0 aromatic heterocycles. The number of amides is 1. The molecule has 1 saturated heterocycles. The first-order chi connectivity index (χ1) is 10.8. The highest BCUT2D eigenvalue weighted by Crippen LogP contribution is 2.38. The lowest BCUT2D eigenvalue weighted by Gasteiger charge is -2.41. The fourth-order valence-electron chi connectivity index (χ4n) is 3.00. The molecule has 1 amide bonds. The van der Waals surface area contributed by atoms with E-state index in [0.29, 0.717) is 32.4 Å². The Kier molecular flexibility index (Phi) is 4.97. The summed E-state index contributed by atoms with van der Waals surface area (Å²) in [4.78, 5) is 24.9. The zero-order chi connectivity index (χ0) is 17.1. The lowest BCUT2D eigenvalue weighted by atomic mass is 9.82. The molecular formula is C18H25NO4. The zero-order valence-corrected chi connectivity index (χ0v) is 14.3. The van der Waals surface area contributed by atoms with Crippen molar-refractivity contribution in [2.75, 3.05) is 13.1 Å². The number of hydrogen-bond donors (Lipinski definition) is 0. The normalized spacial score (nSPS) is 17.5. The van der Waals surface area contributed by atoms with Crippen LogP contribution >= 0.6 is 0 Å². The van der Waals surface area contributed by atoms with Crippen molar-refractivity contribution in [3.63, 3.8) is 0 Å². The molecule has 0 saturated carbocycles. The van der Waals surface area contributed by atoms with E-state index in [1.807, 2.05) is 52.0 Å². The molecule has 1 heterocycles. The van der Waals surface area contributed by atoms with E-state index in [1.54, 1.807) is 4.90 Å². The molecule has 1 fully saturated rings. The van der Waals surface area contributed by atoms with Gasteiger partial charge in [0.1, 0.15) is 11.2 Å². The number of carbonyl (C=O) groups excluding carboxylic acids is 2. The van der Waals surface area contributed by atoms with Gasteiger partial charge in [-0.05, 0) is 38.8 Å². The van der Waals surface area contributed by atoms with Crippen molar-refractivity contribution >= 4 is 12.6 Å². The monoisotopic (exact) mass is 319 g/mol. The molecule has 0 spiro atoms. The third-order valence-electron chi connectivity index (χ3n) is 4.13. The van der Waals surface area contributed by atoms with Crippen molar-refractivity contribution in [2.24, 2.45) is 0 Å². The molecule has 0 atom stereocenters. The van der Waals surface area contributed by atoms with Crippen LogP contribution in [0.5, 0.6) is 0 Å². The second kappa shape index (κ2) is 6.60. The lowest BCUT2D eigenvalue weighted by Crippen LogP contribution is -2.48.